The lowest BCUT2D eigenvalue weighted by Gasteiger charge is -2.17. The molecule has 3 nitrogen and oxygen atoms in total. The topological polar surface area (TPSA) is 51.2 Å². The summed E-state index contributed by atoms with van der Waals surface area (Å²) in [6.45, 7) is 0. The molecule has 0 aromatic heterocycles. The van der Waals surface area contributed by atoms with Gasteiger partial charge in [-0.1, -0.05) is 37.8 Å². The molecular formula is C15H19ClO3S. The second-order valence-corrected chi connectivity index (χ2v) is 7.97. The summed E-state index contributed by atoms with van der Waals surface area (Å²) >= 11 is 5.73. The van der Waals surface area contributed by atoms with Crippen LogP contribution < -0.4 is 0 Å². The smallest absolute Gasteiger partial charge is 0.229 e. The van der Waals surface area contributed by atoms with Gasteiger partial charge in [0, 0.05) is 6.26 Å². The number of sulfone groups is 1. The minimum Gasteiger partial charge on any atom is -0.281 e. The first kappa shape index (κ1) is 15.5. The molecule has 1 aliphatic carbocycles. The highest BCUT2D eigenvalue weighted by Gasteiger charge is 2.25. The predicted octanol–water partition coefficient (Wildman–Crippen LogP) is 3.52. The first-order valence-corrected chi connectivity index (χ1v) is 9.14. The van der Waals surface area contributed by atoms with Crippen molar-refractivity contribution in [3.63, 3.8) is 0 Å². The Hall–Kier alpha value is -0.870. The lowest BCUT2D eigenvalue weighted by atomic mass is 9.89. The normalized spacial score (nSPS) is 18.1. The fourth-order valence-corrected chi connectivity index (χ4v) is 3.73. The summed E-state index contributed by atoms with van der Waals surface area (Å²) in [5, 5.41) is -0.357. The molecule has 1 aromatic rings. The summed E-state index contributed by atoms with van der Waals surface area (Å²) in [7, 11) is -3.21. The molecule has 0 amide bonds. The van der Waals surface area contributed by atoms with Crippen LogP contribution in [0.25, 0.3) is 0 Å². The molecule has 0 heterocycles. The Labute approximate surface area is 125 Å². The molecule has 0 aliphatic heterocycles. The Balaban J connectivity index is 2.19. The molecule has 1 fully saturated rings. The highest BCUT2D eigenvalue weighted by molar-refractivity contribution is 7.90. The van der Waals surface area contributed by atoms with E-state index >= 15 is 0 Å². The summed E-state index contributed by atoms with van der Waals surface area (Å²) in [5.41, 5.74) is 0.810. The quantitative estimate of drug-likeness (QED) is 0.781. The molecule has 1 aliphatic rings. The van der Waals surface area contributed by atoms with Gasteiger partial charge in [0.1, 0.15) is 0 Å². The van der Waals surface area contributed by atoms with Crippen molar-refractivity contribution in [1.82, 2.24) is 0 Å². The molecule has 110 valence electrons. The average Bonchev–Trinajstić information content (AvgIpc) is 2.87. The zero-order valence-electron chi connectivity index (χ0n) is 11.5. The van der Waals surface area contributed by atoms with Crippen molar-refractivity contribution in [3.05, 3.63) is 29.8 Å². The molecule has 20 heavy (non-hydrogen) atoms. The Morgan fingerprint density at radius 3 is 2.25 bits per heavy atom. The fraction of sp³-hybridized carbons (Fsp3) is 0.533. The van der Waals surface area contributed by atoms with E-state index in [1.165, 1.54) is 19.1 Å². The van der Waals surface area contributed by atoms with Gasteiger partial charge in [-0.05, 0) is 41.6 Å². The zero-order chi connectivity index (χ0) is 14.8. The Bertz CT molecular complexity index is 572. The number of benzene rings is 1. The van der Waals surface area contributed by atoms with Gasteiger partial charge in [0.05, 0.1) is 10.8 Å². The zero-order valence-corrected chi connectivity index (χ0v) is 13.1. The van der Waals surface area contributed by atoms with Gasteiger partial charge >= 0.3 is 0 Å². The molecule has 5 heteroatoms. The molecule has 0 radical (unpaired) electrons. The average molecular weight is 315 g/mol. The van der Waals surface area contributed by atoms with E-state index in [1.807, 2.05) is 0 Å². The summed E-state index contributed by atoms with van der Waals surface area (Å²) in [4.78, 5) is 11.9. The second kappa shape index (κ2) is 6.27. The first-order valence-electron chi connectivity index (χ1n) is 6.87. The van der Waals surface area contributed by atoms with Crippen LogP contribution in [0.4, 0.5) is 0 Å². The van der Waals surface area contributed by atoms with E-state index in [0.29, 0.717) is 5.92 Å². The molecule has 0 unspecified atom stereocenters. The monoisotopic (exact) mass is 314 g/mol. The van der Waals surface area contributed by atoms with Crippen molar-refractivity contribution in [3.8, 4) is 0 Å². The van der Waals surface area contributed by atoms with Gasteiger partial charge in [-0.2, -0.15) is 0 Å². The summed E-state index contributed by atoms with van der Waals surface area (Å²) in [5.74, 6) is 0.227. The van der Waals surface area contributed by atoms with Gasteiger partial charge in [0.25, 0.3) is 0 Å². The van der Waals surface area contributed by atoms with E-state index in [2.05, 4.69) is 0 Å². The van der Waals surface area contributed by atoms with E-state index in [-0.39, 0.29) is 16.1 Å². The van der Waals surface area contributed by atoms with Crippen LogP contribution in [0.15, 0.2) is 29.2 Å². The van der Waals surface area contributed by atoms with Crippen molar-refractivity contribution in [2.24, 2.45) is 5.92 Å². The summed E-state index contributed by atoms with van der Waals surface area (Å²) in [6.07, 6.45) is 6.69. The molecule has 0 spiro atoms. The second-order valence-electron chi connectivity index (χ2n) is 5.58. The SMILES string of the molecule is CS(=O)(=O)c1ccc([C@@H](CC2CCCC2)C(=O)Cl)cc1. The Morgan fingerprint density at radius 2 is 1.80 bits per heavy atom. The van der Waals surface area contributed by atoms with Crippen LogP contribution in [0.3, 0.4) is 0 Å². The van der Waals surface area contributed by atoms with E-state index in [0.717, 1.165) is 24.8 Å². The number of halogens is 1. The van der Waals surface area contributed by atoms with Gasteiger partial charge < -0.3 is 0 Å². The highest BCUT2D eigenvalue weighted by Crippen LogP contribution is 2.35. The molecule has 2 rings (SSSR count). The Morgan fingerprint density at radius 1 is 1.25 bits per heavy atom. The minimum absolute atomic E-state index is 0.267. The molecule has 1 saturated carbocycles. The van der Waals surface area contributed by atoms with Gasteiger partial charge in [0.15, 0.2) is 9.84 Å². The van der Waals surface area contributed by atoms with Crippen LogP contribution in [0, 0.1) is 5.92 Å². The van der Waals surface area contributed by atoms with Gasteiger partial charge in [0.2, 0.25) is 5.24 Å². The van der Waals surface area contributed by atoms with Crippen LogP contribution in [0.1, 0.15) is 43.6 Å². The number of hydrogen-bond acceptors (Lipinski definition) is 3. The summed E-state index contributed by atoms with van der Waals surface area (Å²) < 4.78 is 22.9. The highest BCUT2D eigenvalue weighted by atomic mass is 35.5. The molecule has 1 aromatic carbocycles. The maximum Gasteiger partial charge on any atom is 0.229 e. The lowest BCUT2D eigenvalue weighted by molar-refractivity contribution is -0.113. The number of carbonyl (C=O) groups is 1. The number of hydrogen-bond donors (Lipinski definition) is 0. The summed E-state index contributed by atoms with van der Waals surface area (Å²) in [6, 6.07) is 6.50. The van der Waals surface area contributed by atoms with Gasteiger partial charge in [-0.3, -0.25) is 4.79 Å². The van der Waals surface area contributed by atoms with E-state index in [9.17, 15) is 13.2 Å². The maximum atomic E-state index is 11.7. The van der Waals surface area contributed by atoms with Crippen LogP contribution in [0.5, 0.6) is 0 Å². The van der Waals surface area contributed by atoms with Crippen molar-refractivity contribution in [1.29, 1.82) is 0 Å². The number of rotatable bonds is 5. The lowest BCUT2D eigenvalue weighted by Crippen LogP contribution is -2.11. The van der Waals surface area contributed by atoms with E-state index in [1.54, 1.807) is 24.3 Å². The standard InChI is InChI=1S/C15H19ClO3S/c1-20(18,19)13-8-6-12(7-9-13)14(15(16)17)10-11-4-2-3-5-11/h6-9,11,14H,2-5,10H2,1H3/t14-/m1/s1. The molecule has 1 atom stereocenters. The molecule has 0 N–H and O–H groups in total. The molecule has 0 saturated heterocycles. The third-order valence-electron chi connectivity index (χ3n) is 4.03. The van der Waals surface area contributed by atoms with Gasteiger partial charge in [-0.25, -0.2) is 8.42 Å². The first-order chi connectivity index (χ1) is 9.38. The maximum absolute atomic E-state index is 11.7. The van der Waals surface area contributed by atoms with Crippen molar-refractivity contribution < 1.29 is 13.2 Å². The Kier molecular flexibility index (Phi) is 4.86. The van der Waals surface area contributed by atoms with E-state index in [4.69, 9.17) is 11.6 Å². The third kappa shape index (κ3) is 3.83. The van der Waals surface area contributed by atoms with Crippen molar-refractivity contribution in [2.45, 2.75) is 42.9 Å². The molecule has 0 bridgehead atoms. The van der Waals surface area contributed by atoms with Crippen molar-refractivity contribution in [2.75, 3.05) is 6.26 Å². The van der Waals surface area contributed by atoms with Crippen LogP contribution in [0.2, 0.25) is 0 Å². The largest absolute Gasteiger partial charge is 0.281 e. The van der Waals surface area contributed by atoms with Gasteiger partial charge in [-0.15, -0.1) is 0 Å². The number of carbonyl (C=O) groups excluding carboxylic acids is 1. The van der Waals surface area contributed by atoms with E-state index < -0.39 is 9.84 Å². The van der Waals surface area contributed by atoms with Crippen LogP contribution in [-0.2, 0) is 14.6 Å². The fourth-order valence-electron chi connectivity index (χ4n) is 2.89. The minimum atomic E-state index is -3.21. The van der Waals surface area contributed by atoms with Crippen LogP contribution in [-0.4, -0.2) is 19.9 Å². The predicted molar refractivity (Wildman–Crippen MR) is 79.7 cm³/mol. The third-order valence-corrected chi connectivity index (χ3v) is 5.42. The van der Waals surface area contributed by atoms with Crippen LogP contribution >= 0.6 is 11.6 Å². The van der Waals surface area contributed by atoms with Crippen molar-refractivity contribution >= 4 is 26.7 Å². The molecular weight excluding hydrogens is 296 g/mol.